The summed E-state index contributed by atoms with van der Waals surface area (Å²) in [5, 5.41) is 0. The lowest BCUT2D eigenvalue weighted by Crippen LogP contribution is -2.35. The predicted molar refractivity (Wildman–Crippen MR) is 112 cm³/mol. The van der Waals surface area contributed by atoms with Gasteiger partial charge in [0.1, 0.15) is 6.61 Å². The Morgan fingerprint density at radius 3 is 2.93 bits per heavy atom. The molecule has 1 saturated carbocycles. The molecule has 29 heavy (non-hydrogen) atoms. The molecule has 5 heteroatoms. The minimum atomic E-state index is -0.261. The molecule has 4 rings (SSSR count). The first-order valence-corrected chi connectivity index (χ1v) is 10.9. The van der Waals surface area contributed by atoms with E-state index in [1.807, 2.05) is 18.6 Å². The van der Waals surface area contributed by atoms with Crippen molar-refractivity contribution in [1.29, 1.82) is 0 Å². The maximum Gasteiger partial charge on any atom is 0.332 e. The number of fused-ring (bicyclic) bond motifs is 3. The van der Waals surface area contributed by atoms with Crippen molar-refractivity contribution in [2.45, 2.75) is 58.6 Å². The molecule has 2 heterocycles. The second kappa shape index (κ2) is 8.70. The van der Waals surface area contributed by atoms with Gasteiger partial charge in [-0.1, -0.05) is 51.5 Å². The van der Waals surface area contributed by atoms with Crippen molar-refractivity contribution in [3.63, 3.8) is 0 Å². The highest BCUT2D eigenvalue weighted by Crippen LogP contribution is 2.40. The number of hydrogen-bond acceptors (Lipinski definition) is 4. The van der Waals surface area contributed by atoms with E-state index in [1.165, 1.54) is 24.0 Å². The highest BCUT2D eigenvalue weighted by atomic mass is 16.6. The van der Waals surface area contributed by atoms with Crippen LogP contribution in [0.3, 0.4) is 0 Å². The third-order valence-corrected chi connectivity index (χ3v) is 6.63. The van der Waals surface area contributed by atoms with Crippen molar-refractivity contribution in [2.24, 2.45) is 17.8 Å². The first kappa shape index (κ1) is 20.1. The fraction of sp³-hybridized carbons (Fsp3) is 0.583. The minimum Gasteiger partial charge on any atom is -0.464 e. The van der Waals surface area contributed by atoms with Crippen LogP contribution in [0.5, 0.6) is 0 Å². The summed E-state index contributed by atoms with van der Waals surface area (Å²) < 4.78 is 13.7. The molecule has 1 aromatic heterocycles. The first-order valence-electron chi connectivity index (χ1n) is 10.9. The van der Waals surface area contributed by atoms with E-state index >= 15 is 0 Å². The second-order valence-corrected chi connectivity index (χ2v) is 8.97. The zero-order valence-corrected chi connectivity index (χ0v) is 17.7. The van der Waals surface area contributed by atoms with Gasteiger partial charge in [-0.15, -0.1) is 0 Å². The lowest BCUT2D eigenvalue weighted by atomic mass is 9.75. The number of carbonyl (C=O) groups excluding carboxylic acids is 1. The molecule has 0 N–H and O–H groups in total. The number of aromatic nitrogens is 2. The van der Waals surface area contributed by atoms with Gasteiger partial charge in [0.15, 0.2) is 0 Å². The molecule has 5 nitrogen and oxygen atoms in total. The zero-order valence-electron chi connectivity index (χ0n) is 17.7. The lowest BCUT2D eigenvalue weighted by Gasteiger charge is -2.36. The Morgan fingerprint density at radius 2 is 2.10 bits per heavy atom. The smallest absolute Gasteiger partial charge is 0.332 e. The number of esters is 1. The van der Waals surface area contributed by atoms with Crippen molar-refractivity contribution >= 4 is 5.97 Å². The normalized spacial score (nSPS) is 25.7. The van der Waals surface area contributed by atoms with Crippen LogP contribution in [0, 0.1) is 17.8 Å². The SMILES string of the molecule is CC(C)[C@H]1CC[C@H](C)CC1OCC(=O)OCCC1c2ccccc2-c2cncn21. The van der Waals surface area contributed by atoms with Crippen LogP contribution in [0.15, 0.2) is 36.8 Å². The van der Waals surface area contributed by atoms with Crippen molar-refractivity contribution < 1.29 is 14.3 Å². The largest absolute Gasteiger partial charge is 0.464 e. The maximum absolute atomic E-state index is 12.3. The Labute approximate surface area is 173 Å². The van der Waals surface area contributed by atoms with Crippen LogP contribution in [0.1, 0.15) is 58.1 Å². The molecule has 1 aromatic carbocycles. The van der Waals surface area contributed by atoms with Gasteiger partial charge >= 0.3 is 5.97 Å². The molecule has 4 atom stereocenters. The van der Waals surface area contributed by atoms with E-state index in [9.17, 15) is 4.79 Å². The Hall–Kier alpha value is -2.14. The Kier molecular flexibility index (Phi) is 6.04. The molecule has 2 aliphatic rings. The summed E-state index contributed by atoms with van der Waals surface area (Å²) in [6.07, 6.45) is 8.15. The van der Waals surface area contributed by atoms with E-state index in [0.29, 0.717) is 24.4 Å². The van der Waals surface area contributed by atoms with Gasteiger partial charge in [0.05, 0.1) is 37.0 Å². The van der Waals surface area contributed by atoms with E-state index in [-0.39, 0.29) is 24.7 Å². The molecule has 0 spiro atoms. The van der Waals surface area contributed by atoms with E-state index in [1.54, 1.807) is 0 Å². The summed E-state index contributed by atoms with van der Waals surface area (Å²) in [5.41, 5.74) is 3.62. The van der Waals surface area contributed by atoms with Crippen LogP contribution in [0.25, 0.3) is 11.3 Å². The number of ether oxygens (including phenoxy) is 2. The standard InChI is InChI=1S/C24H32N2O3/c1-16(2)18-9-8-17(3)12-23(18)29-14-24(27)28-11-10-21-19-6-4-5-7-20(19)22-13-25-15-26(21)22/h4-7,13,15-18,21,23H,8-12,14H2,1-3H3/t17-,18+,21?,23?/m0/s1. The molecule has 156 valence electrons. The third-order valence-electron chi connectivity index (χ3n) is 6.63. The fourth-order valence-corrected chi connectivity index (χ4v) is 5.03. The van der Waals surface area contributed by atoms with Gasteiger partial charge in [-0.05, 0) is 36.2 Å². The van der Waals surface area contributed by atoms with Gasteiger partial charge in [0, 0.05) is 12.0 Å². The fourth-order valence-electron chi connectivity index (χ4n) is 5.03. The first-order chi connectivity index (χ1) is 14.0. The van der Waals surface area contributed by atoms with E-state index in [4.69, 9.17) is 9.47 Å². The van der Waals surface area contributed by atoms with Crippen LogP contribution in [0.2, 0.25) is 0 Å². The van der Waals surface area contributed by atoms with Crippen molar-refractivity contribution in [2.75, 3.05) is 13.2 Å². The average molecular weight is 397 g/mol. The lowest BCUT2D eigenvalue weighted by molar-refractivity contribution is -0.154. The van der Waals surface area contributed by atoms with Crippen molar-refractivity contribution in [1.82, 2.24) is 9.55 Å². The summed E-state index contributed by atoms with van der Waals surface area (Å²) in [4.78, 5) is 16.6. The number of nitrogens with zero attached hydrogens (tertiary/aromatic N) is 2. The van der Waals surface area contributed by atoms with Gasteiger partial charge in [0.25, 0.3) is 0 Å². The average Bonchev–Trinajstić information content (AvgIpc) is 3.28. The summed E-state index contributed by atoms with van der Waals surface area (Å²) >= 11 is 0. The number of benzene rings is 1. The molecule has 0 saturated heterocycles. The Balaban J connectivity index is 1.28. The third kappa shape index (κ3) is 4.25. The number of rotatable bonds is 7. The molecule has 0 radical (unpaired) electrons. The Bertz CT molecular complexity index is 844. The zero-order chi connectivity index (χ0) is 20.4. The van der Waals surface area contributed by atoms with Crippen LogP contribution in [-0.2, 0) is 14.3 Å². The van der Waals surface area contributed by atoms with Crippen LogP contribution in [-0.4, -0.2) is 34.8 Å². The van der Waals surface area contributed by atoms with Crippen molar-refractivity contribution in [3.05, 3.63) is 42.4 Å². The molecule has 1 fully saturated rings. The quantitative estimate of drug-likeness (QED) is 0.627. The predicted octanol–water partition coefficient (Wildman–Crippen LogP) is 4.86. The number of hydrogen-bond donors (Lipinski definition) is 0. The van der Waals surface area contributed by atoms with Gasteiger partial charge < -0.3 is 14.0 Å². The van der Waals surface area contributed by atoms with Crippen molar-refractivity contribution in [3.8, 4) is 11.3 Å². The molecule has 0 amide bonds. The molecule has 1 aliphatic carbocycles. The molecular formula is C24H32N2O3. The van der Waals surface area contributed by atoms with Crippen LogP contribution in [0.4, 0.5) is 0 Å². The summed E-state index contributed by atoms with van der Waals surface area (Å²) in [6, 6.07) is 8.55. The second-order valence-electron chi connectivity index (χ2n) is 8.97. The number of carbonyl (C=O) groups is 1. The molecular weight excluding hydrogens is 364 g/mol. The van der Waals surface area contributed by atoms with E-state index in [2.05, 4.69) is 48.5 Å². The highest BCUT2D eigenvalue weighted by molar-refractivity contribution is 5.71. The van der Waals surface area contributed by atoms with E-state index < -0.39 is 0 Å². The van der Waals surface area contributed by atoms with E-state index in [0.717, 1.165) is 18.5 Å². The number of imidazole rings is 1. The highest BCUT2D eigenvalue weighted by Gasteiger charge is 2.32. The van der Waals surface area contributed by atoms with Gasteiger partial charge in [0.2, 0.25) is 0 Å². The summed E-state index contributed by atoms with van der Waals surface area (Å²) in [7, 11) is 0. The minimum absolute atomic E-state index is 0.0538. The molecule has 2 aromatic rings. The summed E-state index contributed by atoms with van der Waals surface area (Å²) in [6.45, 7) is 7.21. The maximum atomic E-state index is 12.3. The monoisotopic (exact) mass is 396 g/mol. The van der Waals surface area contributed by atoms with Crippen LogP contribution < -0.4 is 0 Å². The topological polar surface area (TPSA) is 53.4 Å². The molecule has 1 aliphatic heterocycles. The van der Waals surface area contributed by atoms with Crippen LogP contribution >= 0.6 is 0 Å². The van der Waals surface area contributed by atoms with Gasteiger partial charge in [-0.3, -0.25) is 0 Å². The Morgan fingerprint density at radius 1 is 1.28 bits per heavy atom. The van der Waals surface area contributed by atoms with Gasteiger partial charge in [-0.2, -0.15) is 0 Å². The molecule has 2 unspecified atom stereocenters. The summed E-state index contributed by atoms with van der Waals surface area (Å²) in [5.74, 6) is 1.52. The molecule has 0 bridgehead atoms. The van der Waals surface area contributed by atoms with Gasteiger partial charge in [-0.25, -0.2) is 9.78 Å².